The van der Waals surface area contributed by atoms with Gasteiger partial charge in [-0.3, -0.25) is 19.1 Å². The van der Waals surface area contributed by atoms with Crippen molar-refractivity contribution in [3.8, 4) is 5.69 Å². The van der Waals surface area contributed by atoms with E-state index in [9.17, 15) is 0 Å². The number of para-hydroxylation sites is 1. The van der Waals surface area contributed by atoms with Gasteiger partial charge < -0.3 is 5.32 Å². The van der Waals surface area contributed by atoms with Gasteiger partial charge in [-0.15, -0.1) is 0 Å². The largest absolute Gasteiger partial charge is 0.367 e. The second-order valence-corrected chi connectivity index (χ2v) is 9.07. The summed E-state index contributed by atoms with van der Waals surface area (Å²) < 4.78 is 4.44. The smallest absolute Gasteiger partial charge is 0.147 e. The van der Waals surface area contributed by atoms with Crippen molar-refractivity contribution in [1.82, 2.24) is 24.4 Å². The van der Waals surface area contributed by atoms with Crippen LogP contribution in [0.5, 0.6) is 0 Å². The molecule has 0 bridgehead atoms. The van der Waals surface area contributed by atoms with Gasteiger partial charge in [-0.25, -0.2) is 4.98 Å². The van der Waals surface area contributed by atoms with E-state index in [0.29, 0.717) is 0 Å². The summed E-state index contributed by atoms with van der Waals surface area (Å²) in [6, 6.07) is 22.9. The van der Waals surface area contributed by atoms with Crippen LogP contribution in [0.2, 0.25) is 0 Å². The molecule has 0 unspecified atom stereocenters. The van der Waals surface area contributed by atoms with Gasteiger partial charge in [0.1, 0.15) is 11.5 Å². The van der Waals surface area contributed by atoms with Crippen LogP contribution in [-0.4, -0.2) is 32.4 Å². The highest BCUT2D eigenvalue weighted by atomic mass is 15.2. The quantitative estimate of drug-likeness (QED) is 0.302. The summed E-state index contributed by atoms with van der Waals surface area (Å²) in [4.78, 5) is 14.2. The van der Waals surface area contributed by atoms with Crippen LogP contribution in [0.1, 0.15) is 22.4 Å². The molecule has 7 rings (SSSR count). The van der Waals surface area contributed by atoms with Gasteiger partial charge in [0, 0.05) is 48.8 Å². The molecule has 178 valence electrons. The maximum atomic E-state index is 5.00. The van der Waals surface area contributed by atoms with Gasteiger partial charge in [0.05, 0.1) is 27.6 Å². The van der Waals surface area contributed by atoms with Crippen LogP contribution in [0, 0.1) is 0 Å². The number of nitrogens with zero attached hydrogens (tertiary/aromatic N) is 5. The Hall–Kier alpha value is -4.97. The van der Waals surface area contributed by atoms with Crippen LogP contribution in [0.15, 0.2) is 90.7 Å². The first-order chi connectivity index (χ1) is 18.3. The molecule has 0 saturated carbocycles. The molecule has 1 aliphatic heterocycles. The molecule has 0 amide bonds. The number of nitrogens with one attached hydrogen (secondary N) is 1. The monoisotopic (exact) mass is 480 g/mol. The minimum Gasteiger partial charge on any atom is -0.367 e. The van der Waals surface area contributed by atoms with Crippen LogP contribution in [0.25, 0.3) is 56.6 Å². The van der Waals surface area contributed by atoms with Gasteiger partial charge in [0.2, 0.25) is 0 Å². The number of pyridine rings is 2. The first-order valence-electron chi connectivity index (χ1n) is 12.3. The Kier molecular flexibility index (Phi) is 4.79. The maximum Gasteiger partial charge on any atom is 0.147 e. The average Bonchev–Trinajstić information content (AvgIpc) is 3.46. The summed E-state index contributed by atoms with van der Waals surface area (Å²) in [5, 5.41) is 5.67. The summed E-state index contributed by atoms with van der Waals surface area (Å²) in [5.41, 5.74) is 9.29. The van der Waals surface area contributed by atoms with Crippen LogP contribution >= 0.6 is 0 Å². The van der Waals surface area contributed by atoms with Crippen molar-refractivity contribution in [3.63, 3.8) is 0 Å². The summed E-state index contributed by atoms with van der Waals surface area (Å²) in [6.07, 6.45) is 9.80. The molecular weight excluding hydrogens is 456 g/mol. The Morgan fingerprint density at radius 2 is 1.81 bits per heavy atom. The third kappa shape index (κ3) is 3.09. The number of aliphatic imine (C=N–C) groups is 1. The number of benzene rings is 2. The molecule has 0 fully saturated rings. The minimum atomic E-state index is 0.754. The fourth-order valence-corrected chi connectivity index (χ4v) is 5.50. The van der Waals surface area contributed by atoms with E-state index in [4.69, 9.17) is 9.97 Å². The molecule has 1 aliphatic rings. The molecule has 0 radical (unpaired) electrons. The highest BCUT2D eigenvalue weighted by Crippen LogP contribution is 2.39. The lowest BCUT2D eigenvalue weighted by Crippen LogP contribution is -2.20. The SMILES string of the molecule is C=Cc1c(C=NC)c2c(ncc3c4ncccc4n(C4=Cc5ccccc5CN4)c32)n1-c1ccccc1. The zero-order valence-electron chi connectivity index (χ0n) is 20.4. The first kappa shape index (κ1) is 21.3. The zero-order chi connectivity index (χ0) is 24.9. The Morgan fingerprint density at radius 1 is 0.973 bits per heavy atom. The van der Waals surface area contributed by atoms with Crippen LogP contribution < -0.4 is 5.32 Å². The van der Waals surface area contributed by atoms with Crippen molar-refractivity contribution in [2.45, 2.75) is 6.54 Å². The summed E-state index contributed by atoms with van der Waals surface area (Å²) in [6.45, 7) is 4.92. The normalized spacial score (nSPS) is 13.3. The van der Waals surface area contributed by atoms with E-state index < -0.39 is 0 Å². The molecule has 37 heavy (non-hydrogen) atoms. The predicted molar refractivity (Wildman–Crippen MR) is 153 cm³/mol. The lowest BCUT2D eigenvalue weighted by atomic mass is 10.0. The number of hydrogen-bond acceptors (Lipinski definition) is 4. The molecule has 1 N–H and O–H groups in total. The van der Waals surface area contributed by atoms with Gasteiger partial charge in [-0.1, -0.05) is 49.0 Å². The standard InChI is InChI=1S/C31H24N6/c1-3-25-23(18-32-2)28-30-24(19-35-31(28)36(25)22-12-5-4-6-13-22)29-26(14-9-15-33-29)37(30)27-16-20-10-7-8-11-21(20)17-34-27/h3-16,18-19,34H,1,17H2,2H3. The van der Waals surface area contributed by atoms with Gasteiger partial charge in [-0.05, 0) is 47.5 Å². The van der Waals surface area contributed by atoms with Gasteiger partial charge in [0.15, 0.2) is 0 Å². The first-order valence-corrected chi connectivity index (χ1v) is 12.3. The highest BCUT2D eigenvalue weighted by Gasteiger charge is 2.25. The van der Waals surface area contributed by atoms with Gasteiger partial charge >= 0.3 is 0 Å². The molecular formula is C31H24N6. The van der Waals surface area contributed by atoms with Crippen LogP contribution in [-0.2, 0) is 6.54 Å². The Bertz CT molecular complexity index is 1900. The Morgan fingerprint density at radius 3 is 2.65 bits per heavy atom. The second kappa shape index (κ2) is 8.31. The van der Waals surface area contributed by atoms with Crippen molar-refractivity contribution in [2.24, 2.45) is 4.99 Å². The Balaban J connectivity index is 1.68. The fraction of sp³-hybridized carbons (Fsp3) is 0.0645. The number of fused-ring (bicyclic) bond motifs is 6. The fourth-order valence-electron chi connectivity index (χ4n) is 5.50. The molecule has 5 heterocycles. The van der Waals surface area contributed by atoms with Crippen molar-refractivity contribution in [1.29, 1.82) is 0 Å². The third-order valence-electron chi connectivity index (χ3n) is 7.05. The Labute approximate surface area is 213 Å². The molecule has 0 atom stereocenters. The van der Waals surface area contributed by atoms with Crippen molar-refractivity contribution in [3.05, 3.63) is 108 Å². The number of rotatable bonds is 4. The topological polar surface area (TPSA) is 60.0 Å². The van der Waals surface area contributed by atoms with Crippen molar-refractivity contribution in [2.75, 3.05) is 7.05 Å². The molecule has 4 aromatic heterocycles. The van der Waals surface area contributed by atoms with E-state index in [0.717, 1.165) is 62.3 Å². The van der Waals surface area contributed by atoms with E-state index >= 15 is 0 Å². The second-order valence-electron chi connectivity index (χ2n) is 9.07. The molecule has 0 aliphatic carbocycles. The summed E-state index contributed by atoms with van der Waals surface area (Å²) in [5.74, 6) is 1.01. The van der Waals surface area contributed by atoms with Crippen LogP contribution in [0.3, 0.4) is 0 Å². The van der Waals surface area contributed by atoms with Crippen molar-refractivity contribution >= 4 is 57.2 Å². The third-order valence-corrected chi connectivity index (χ3v) is 7.05. The molecule has 0 spiro atoms. The minimum absolute atomic E-state index is 0.754. The summed E-state index contributed by atoms with van der Waals surface area (Å²) in [7, 11) is 1.80. The highest BCUT2D eigenvalue weighted by molar-refractivity contribution is 6.21. The lowest BCUT2D eigenvalue weighted by Gasteiger charge is -2.21. The lowest BCUT2D eigenvalue weighted by molar-refractivity contribution is 0.835. The zero-order valence-corrected chi connectivity index (χ0v) is 20.4. The van der Waals surface area contributed by atoms with Crippen molar-refractivity contribution < 1.29 is 0 Å². The molecule has 0 saturated heterocycles. The van der Waals surface area contributed by atoms with Gasteiger partial charge in [-0.2, -0.15) is 0 Å². The average molecular weight is 481 g/mol. The molecule has 6 heteroatoms. The van der Waals surface area contributed by atoms with Gasteiger partial charge in [0.25, 0.3) is 0 Å². The number of aromatic nitrogens is 4. The molecule has 6 aromatic rings. The van der Waals surface area contributed by atoms with E-state index in [1.54, 1.807) is 7.05 Å². The predicted octanol–water partition coefficient (Wildman–Crippen LogP) is 6.28. The molecule has 6 nitrogen and oxygen atoms in total. The number of hydrogen-bond donors (Lipinski definition) is 1. The van der Waals surface area contributed by atoms with E-state index in [2.05, 4.69) is 74.6 Å². The van der Waals surface area contributed by atoms with Crippen LogP contribution in [0.4, 0.5) is 0 Å². The maximum absolute atomic E-state index is 5.00. The van der Waals surface area contributed by atoms with E-state index in [1.807, 2.05) is 48.9 Å². The summed E-state index contributed by atoms with van der Waals surface area (Å²) >= 11 is 0. The van der Waals surface area contributed by atoms with E-state index in [-0.39, 0.29) is 0 Å². The van der Waals surface area contributed by atoms with E-state index in [1.165, 1.54) is 11.1 Å². The molecule has 2 aromatic carbocycles.